The highest BCUT2D eigenvalue weighted by molar-refractivity contribution is 7.92. The molecule has 0 spiro atoms. The minimum Gasteiger partial charge on any atom is -0.495 e. The first-order chi connectivity index (χ1) is 17.9. The molecule has 1 atom stereocenters. The van der Waals surface area contributed by atoms with Crippen LogP contribution in [0.5, 0.6) is 5.75 Å². The molecule has 12 heteroatoms. The van der Waals surface area contributed by atoms with Crippen LogP contribution in [-0.4, -0.2) is 57.1 Å². The second kappa shape index (κ2) is 13.2. The number of ether oxygens (including phenoxy) is 1. The van der Waals surface area contributed by atoms with Crippen LogP contribution in [0, 0.1) is 0 Å². The molecule has 2 amide bonds. The average Bonchev–Trinajstić information content (AvgIpc) is 2.86. The molecule has 1 unspecified atom stereocenters. The van der Waals surface area contributed by atoms with E-state index in [4.69, 9.17) is 39.5 Å². The Balaban J connectivity index is 1.96. The van der Waals surface area contributed by atoms with Gasteiger partial charge in [0.25, 0.3) is 0 Å². The van der Waals surface area contributed by atoms with Crippen LogP contribution < -0.4 is 14.4 Å². The summed E-state index contributed by atoms with van der Waals surface area (Å²) >= 11 is 18.9. The predicted molar refractivity (Wildman–Crippen MR) is 152 cm³/mol. The number of carbonyl (C=O) groups excluding carboxylic acids is 2. The standard InChI is InChI=1S/C26H32Cl3N3O5S/c1-17(26(34)30-19-8-5-4-6-9-19)31(15-20-21(28)10-7-11-22(20)29)25(33)16-32(38(3,35)36)23-14-18(27)12-13-24(23)37-2/h7,10-14,17,19H,4-6,8-9,15-16H2,1-3H3,(H,30,34). The van der Waals surface area contributed by atoms with Gasteiger partial charge in [-0.15, -0.1) is 0 Å². The van der Waals surface area contributed by atoms with Gasteiger partial charge >= 0.3 is 0 Å². The van der Waals surface area contributed by atoms with Crippen molar-refractivity contribution in [2.45, 2.75) is 57.7 Å². The van der Waals surface area contributed by atoms with Crippen molar-refractivity contribution < 1.29 is 22.7 Å². The molecule has 1 saturated carbocycles. The minimum atomic E-state index is -3.96. The molecule has 2 aromatic carbocycles. The van der Waals surface area contributed by atoms with E-state index in [9.17, 15) is 18.0 Å². The zero-order valence-corrected chi connectivity index (χ0v) is 24.6. The lowest BCUT2D eigenvalue weighted by Crippen LogP contribution is -2.53. The average molecular weight is 605 g/mol. The van der Waals surface area contributed by atoms with Crippen LogP contribution in [0.3, 0.4) is 0 Å². The molecule has 0 bridgehead atoms. The van der Waals surface area contributed by atoms with E-state index >= 15 is 0 Å². The van der Waals surface area contributed by atoms with Crippen LogP contribution in [-0.2, 0) is 26.2 Å². The van der Waals surface area contributed by atoms with Crippen LogP contribution >= 0.6 is 34.8 Å². The van der Waals surface area contributed by atoms with E-state index in [1.165, 1.54) is 24.1 Å². The predicted octanol–water partition coefficient (Wildman–Crippen LogP) is 5.29. The van der Waals surface area contributed by atoms with E-state index in [0.717, 1.165) is 42.7 Å². The number of hydrogen-bond acceptors (Lipinski definition) is 5. The van der Waals surface area contributed by atoms with Gasteiger partial charge in [0, 0.05) is 33.2 Å². The molecule has 208 valence electrons. The van der Waals surface area contributed by atoms with Gasteiger partial charge in [-0.2, -0.15) is 0 Å². The van der Waals surface area contributed by atoms with E-state index in [1.54, 1.807) is 31.2 Å². The fraction of sp³-hybridized carbons (Fsp3) is 0.462. The largest absolute Gasteiger partial charge is 0.495 e. The number of nitrogens with zero attached hydrogens (tertiary/aromatic N) is 2. The van der Waals surface area contributed by atoms with E-state index in [0.29, 0.717) is 15.6 Å². The van der Waals surface area contributed by atoms with E-state index in [-0.39, 0.29) is 35.0 Å². The first-order valence-corrected chi connectivity index (χ1v) is 15.2. The fourth-order valence-electron chi connectivity index (χ4n) is 4.46. The van der Waals surface area contributed by atoms with Crippen molar-refractivity contribution in [1.82, 2.24) is 10.2 Å². The SMILES string of the molecule is COc1ccc(Cl)cc1N(CC(=O)N(Cc1c(Cl)cccc1Cl)C(C)C(=O)NC1CCCCC1)S(C)(=O)=O. The highest BCUT2D eigenvalue weighted by Crippen LogP contribution is 2.33. The van der Waals surface area contributed by atoms with Gasteiger partial charge in [-0.1, -0.05) is 60.1 Å². The molecule has 0 radical (unpaired) electrons. The molecular weight excluding hydrogens is 573 g/mol. The van der Waals surface area contributed by atoms with Crippen molar-refractivity contribution in [2.75, 3.05) is 24.2 Å². The van der Waals surface area contributed by atoms with E-state index < -0.39 is 28.5 Å². The minimum absolute atomic E-state index is 0.0304. The molecule has 8 nitrogen and oxygen atoms in total. The molecule has 1 aliphatic carbocycles. The van der Waals surface area contributed by atoms with Crippen molar-refractivity contribution in [3.63, 3.8) is 0 Å². The summed E-state index contributed by atoms with van der Waals surface area (Å²) in [6, 6.07) is 8.52. The lowest BCUT2D eigenvalue weighted by atomic mass is 9.95. The van der Waals surface area contributed by atoms with Gasteiger partial charge in [0.15, 0.2) is 0 Å². The number of anilines is 1. The summed E-state index contributed by atoms with van der Waals surface area (Å²) < 4.78 is 31.9. The Kier molecular flexibility index (Phi) is 10.6. The number of nitrogens with one attached hydrogen (secondary N) is 1. The normalized spacial score (nSPS) is 15.0. The zero-order chi connectivity index (χ0) is 28.0. The van der Waals surface area contributed by atoms with Crippen molar-refractivity contribution in [1.29, 1.82) is 0 Å². The van der Waals surface area contributed by atoms with Gasteiger partial charge in [0.05, 0.1) is 19.1 Å². The highest BCUT2D eigenvalue weighted by atomic mass is 35.5. The first-order valence-electron chi connectivity index (χ1n) is 12.3. The monoisotopic (exact) mass is 603 g/mol. The highest BCUT2D eigenvalue weighted by Gasteiger charge is 2.33. The van der Waals surface area contributed by atoms with Gasteiger partial charge in [0.1, 0.15) is 18.3 Å². The molecule has 3 rings (SSSR count). The topological polar surface area (TPSA) is 96.0 Å². The van der Waals surface area contributed by atoms with Gasteiger partial charge in [0.2, 0.25) is 21.8 Å². The van der Waals surface area contributed by atoms with E-state index in [2.05, 4.69) is 5.32 Å². The number of benzene rings is 2. The third-order valence-corrected chi connectivity index (χ3v) is 8.67. The molecule has 38 heavy (non-hydrogen) atoms. The summed E-state index contributed by atoms with van der Waals surface area (Å²) in [5, 5.41) is 3.96. The smallest absolute Gasteiger partial charge is 0.244 e. The van der Waals surface area contributed by atoms with Crippen molar-refractivity contribution in [2.24, 2.45) is 0 Å². The quantitative estimate of drug-likeness (QED) is 0.398. The van der Waals surface area contributed by atoms with Gasteiger partial charge < -0.3 is 15.0 Å². The maximum Gasteiger partial charge on any atom is 0.244 e. The molecule has 1 fully saturated rings. The van der Waals surface area contributed by atoms with E-state index in [1.807, 2.05) is 0 Å². The molecule has 1 aliphatic rings. The van der Waals surface area contributed by atoms with Gasteiger partial charge in [-0.25, -0.2) is 8.42 Å². The maximum absolute atomic E-state index is 13.8. The number of amides is 2. The third kappa shape index (κ3) is 7.68. The Labute approximate surface area is 239 Å². The van der Waals surface area contributed by atoms with Crippen LogP contribution in [0.2, 0.25) is 15.1 Å². The fourth-order valence-corrected chi connectivity index (χ4v) is 5.99. The number of hydrogen-bond donors (Lipinski definition) is 1. The Morgan fingerprint density at radius 2 is 1.71 bits per heavy atom. The summed E-state index contributed by atoms with van der Waals surface area (Å²) in [5.74, 6) is -0.740. The number of halogens is 3. The zero-order valence-electron chi connectivity index (χ0n) is 21.5. The van der Waals surface area contributed by atoms with Crippen LogP contribution in [0.25, 0.3) is 0 Å². The molecule has 1 N–H and O–H groups in total. The van der Waals surface area contributed by atoms with Crippen LogP contribution in [0.15, 0.2) is 36.4 Å². The summed E-state index contributed by atoms with van der Waals surface area (Å²) in [7, 11) is -2.57. The lowest BCUT2D eigenvalue weighted by Gasteiger charge is -2.33. The molecule has 0 aliphatic heterocycles. The van der Waals surface area contributed by atoms with Crippen molar-refractivity contribution in [3.8, 4) is 5.75 Å². The van der Waals surface area contributed by atoms with Gasteiger partial charge in [-0.3, -0.25) is 13.9 Å². The second-order valence-electron chi connectivity index (χ2n) is 9.33. The van der Waals surface area contributed by atoms with Crippen LogP contribution in [0.4, 0.5) is 5.69 Å². The van der Waals surface area contributed by atoms with Crippen molar-refractivity contribution in [3.05, 3.63) is 57.0 Å². The summed E-state index contributed by atoms with van der Waals surface area (Å²) in [6.45, 7) is 0.908. The molecule has 0 saturated heterocycles. The number of methoxy groups -OCH3 is 1. The Morgan fingerprint density at radius 3 is 2.29 bits per heavy atom. The Hall–Kier alpha value is -2.20. The summed E-state index contributed by atoms with van der Waals surface area (Å²) in [6.07, 6.45) is 5.92. The molecule has 2 aromatic rings. The first kappa shape index (κ1) is 30.3. The number of rotatable bonds is 10. The van der Waals surface area contributed by atoms with Crippen molar-refractivity contribution >= 4 is 62.3 Å². The molecule has 0 heterocycles. The Morgan fingerprint density at radius 1 is 1.08 bits per heavy atom. The van der Waals surface area contributed by atoms with Gasteiger partial charge in [-0.05, 0) is 50.1 Å². The van der Waals surface area contributed by atoms with Crippen LogP contribution in [0.1, 0.15) is 44.6 Å². The third-order valence-electron chi connectivity index (χ3n) is 6.60. The number of sulfonamides is 1. The summed E-state index contributed by atoms with van der Waals surface area (Å²) in [4.78, 5) is 28.4. The number of carbonyl (C=O) groups is 2. The second-order valence-corrected chi connectivity index (χ2v) is 12.5. The maximum atomic E-state index is 13.8. The summed E-state index contributed by atoms with van der Waals surface area (Å²) in [5.41, 5.74) is 0.554. The molecule has 0 aromatic heterocycles. The lowest BCUT2D eigenvalue weighted by molar-refractivity contribution is -0.139. The Bertz CT molecular complexity index is 1250. The molecular formula is C26H32Cl3N3O5S.